The maximum absolute atomic E-state index is 2.50. The van der Waals surface area contributed by atoms with Crippen LogP contribution in [0.4, 0.5) is 0 Å². The van der Waals surface area contributed by atoms with Crippen LogP contribution in [0.5, 0.6) is 0 Å². The van der Waals surface area contributed by atoms with Gasteiger partial charge in [-0.2, -0.15) is 0 Å². The van der Waals surface area contributed by atoms with Crippen molar-refractivity contribution in [2.45, 2.75) is 0 Å². The van der Waals surface area contributed by atoms with E-state index in [0.29, 0.717) is 0 Å². The third-order valence-electron chi connectivity index (χ3n) is 12.1. The van der Waals surface area contributed by atoms with Crippen LogP contribution in [-0.4, -0.2) is 0 Å². The van der Waals surface area contributed by atoms with Crippen LogP contribution in [0.3, 0.4) is 0 Å². The minimum Gasteiger partial charge on any atom is -0.0622 e. The minimum atomic E-state index is 1.22. The summed E-state index contributed by atoms with van der Waals surface area (Å²) in [5, 5.41) is 12.8. The van der Waals surface area contributed by atoms with E-state index in [-0.39, 0.29) is 0 Å². The van der Waals surface area contributed by atoms with Gasteiger partial charge in [-0.1, -0.05) is 194 Å². The summed E-state index contributed by atoms with van der Waals surface area (Å²) in [4.78, 5) is 0. The van der Waals surface area contributed by atoms with Gasteiger partial charge in [0.2, 0.25) is 0 Å². The average Bonchev–Trinajstić information content (AvgIpc) is 3.59. The normalized spacial score (nSPS) is 11.9. The summed E-state index contributed by atoms with van der Waals surface area (Å²) in [6.07, 6.45) is 0. The lowest BCUT2D eigenvalue weighted by atomic mass is 9.80. The topological polar surface area (TPSA) is 0 Å². The Morgan fingerprint density at radius 3 is 1.21 bits per heavy atom. The van der Waals surface area contributed by atoms with E-state index in [9.17, 15) is 0 Å². The lowest BCUT2D eigenvalue weighted by molar-refractivity contribution is 1.62. The van der Waals surface area contributed by atoms with Crippen molar-refractivity contribution >= 4 is 53.9 Å². The molecular weight excluding hydrogens is 673 g/mol. The molecule has 0 bridgehead atoms. The van der Waals surface area contributed by atoms with Crippen LogP contribution in [0, 0.1) is 0 Å². The van der Waals surface area contributed by atoms with Crippen molar-refractivity contribution in [3.05, 3.63) is 206 Å². The first-order chi connectivity index (χ1) is 27.8. The molecule has 0 spiro atoms. The Bertz CT molecular complexity index is 3320. The highest BCUT2D eigenvalue weighted by molar-refractivity contribution is 6.31. The van der Waals surface area contributed by atoms with Crippen LogP contribution < -0.4 is 0 Å². The number of hydrogen-bond acceptors (Lipinski definition) is 0. The van der Waals surface area contributed by atoms with Crippen LogP contribution in [-0.2, 0) is 0 Å². The molecule has 1 aliphatic carbocycles. The Kier molecular flexibility index (Phi) is 6.73. The molecule has 0 nitrogen and oxygen atoms in total. The van der Waals surface area contributed by atoms with Gasteiger partial charge in [-0.25, -0.2) is 0 Å². The number of rotatable bonds is 4. The van der Waals surface area contributed by atoms with E-state index >= 15 is 0 Å². The highest BCUT2D eigenvalue weighted by atomic mass is 14.3. The molecule has 12 rings (SSSR count). The fraction of sp³-hybridized carbons (Fsp3) is 0. The van der Waals surface area contributed by atoms with Gasteiger partial charge in [0.15, 0.2) is 0 Å². The standard InChI is InChI=1S/C56H34/c1-4-17-35(18-5-1)50-42-25-12-14-27-44(42)51(45-28-15-13-26-43(45)50)39-31-32-46-48(34-39)53(37-21-8-3-9-22-37)56-49-33-38-23-10-11-24-40(38)41-29-16-30-47(54(41)49)55(56)52(46)36-19-6-2-7-20-36/h1-34H. The van der Waals surface area contributed by atoms with Crippen LogP contribution in [0.2, 0.25) is 0 Å². The fourth-order valence-electron chi connectivity index (χ4n) is 9.92. The Balaban J connectivity index is 1.27. The van der Waals surface area contributed by atoms with Crippen molar-refractivity contribution in [2.75, 3.05) is 0 Å². The van der Waals surface area contributed by atoms with E-state index in [2.05, 4.69) is 206 Å². The molecule has 0 aromatic heterocycles. The highest BCUT2D eigenvalue weighted by Gasteiger charge is 2.31. The van der Waals surface area contributed by atoms with Crippen molar-refractivity contribution in [1.82, 2.24) is 0 Å². The summed E-state index contributed by atoms with van der Waals surface area (Å²) in [7, 11) is 0. The summed E-state index contributed by atoms with van der Waals surface area (Å²) >= 11 is 0. The molecule has 1 aliphatic rings. The van der Waals surface area contributed by atoms with Crippen LogP contribution in [0.25, 0.3) is 121 Å². The lowest BCUT2D eigenvalue weighted by Gasteiger charge is -2.22. The van der Waals surface area contributed by atoms with Gasteiger partial charge in [0.1, 0.15) is 0 Å². The van der Waals surface area contributed by atoms with Crippen molar-refractivity contribution in [2.24, 2.45) is 0 Å². The second-order valence-electron chi connectivity index (χ2n) is 15.1. The van der Waals surface area contributed by atoms with E-state index in [0.717, 1.165) is 0 Å². The zero-order valence-corrected chi connectivity index (χ0v) is 30.6. The molecule has 11 aromatic rings. The van der Waals surface area contributed by atoms with Crippen LogP contribution >= 0.6 is 0 Å². The van der Waals surface area contributed by atoms with Gasteiger partial charge in [0, 0.05) is 0 Å². The fourth-order valence-corrected chi connectivity index (χ4v) is 9.92. The molecule has 258 valence electrons. The monoisotopic (exact) mass is 706 g/mol. The molecule has 11 aromatic carbocycles. The van der Waals surface area contributed by atoms with Gasteiger partial charge in [-0.3, -0.25) is 0 Å². The maximum Gasteiger partial charge on any atom is -0.000719 e. The first kappa shape index (κ1) is 31.1. The third kappa shape index (κ3) is 4.42. The smallest absolute Gasteiger partial charge is 0.000719 e. The Hall–Kier alpha value is -7.28. The summed E-state index contributed by atoms with van der Waals surface area (Å²) < 4.78 is 0. The van der Waals surface area contributed by atoms with Crippen molar-refractivity contribution in [1.29, 1.82) is 0 Å². The van der Waals surface area contributed by atoms with E-state index in [1.807, 2.05) is 0 Å². The second kappa shape index (κ2) is 12.1. The molecule has 0 unspecified atom stereocenters. The van der Waals surface area contributed by atoms with E-state index < -0.39 is 0 Å². The molecular formula is C56H34. The number of fused-ring (bicyclic) bond motifs is 8. The molecule has 0 aliphatic heterocycles. The third-order valence-corrected chi connectivity index (χ3v) is 12.1. The van der Waals surface area contributed by atoms with Crippen molar-refractivity contribution in [3.8, 4) is 66.8 Å². The van der Waals surface area contributed by atoms with Gasteiger partial charge in [0.05, 0.1) is 0 Å². The van der Waals surface area contributed by atoms with Gasteiger partial charge in [-0.05, 0) is 133 Å². The molecule has 0 N–H and O–H groups in total. The van der Waals surface area contributed by atoms with Crippen LogP contribution in [0.1, 0.15) is 0 Å². The molecule has 0 heterocycles. The zero-order chi connectivity index (χ0) is 36.7. The number of benzene rings is 11. The van der Waals surface area contributed by atoms with Crippen molar-refractivity contribution < 1.29 is 0 Å². The van der Waals surface area contributed by atoms with Crippen molar-refractivity contribution in [3.63, 3.8) is 0 Å². The minimum absolute atomic E-state index is 1.22. The SMILES string of the molecule is c1ccc(-c2c3c(c(-c4ccccc4)c4cc(-c5c6ccccc6c(-c6ccccc6)c6ccccc56)ccc24)-c2cc4ccccc4c4cccc-3c24)cc1. The molecule has 0 radical (unpaired) electrons. The lowest BCUT2D eigenvalue weighted by Crippen LogP contribution is -1.95. The predicted octanol–water partition coefficient (Wildman–Crippen LogP) is 15.8. The van der Waals surface area contributed by atoms with E-state index in [1.165, 1.54) is 121 Å². The zero-order valence-electron chi connectivity index (χ0n) is 30.6. The second-order valence-corrected chi connectivity index (χ2v) is 15.1. The largest absolute Gasteiger partial charge is 0.0622 e. The summed E-state index contributed by atoms with van der Waals surface area (Å²) in [5.41, 5.74) is 15.4. The highest BCUT2D eigenvalue weighted by Crippen LogP contribution is 2.59. The quantitative estimate of drug-likeness (QED) is 0.126. The predicted molar refractivity (Wildman–Crippen MR) is 240 cm³/mol. The van der Waals surface area contributed by atoms with Gasteiger partial charge in [0.25, 0.3) is 0 Å². The maximum atomic E-state index is 2.50. The van der Waals surface area contributed by atoms with E-state index in [1.54, 1.807) is 0 Å². The molecule has 0 fully saturated rings. The van der Waals surface area contributed by atoms with Gasteiger partial charge < -0.3 is 0 Å². The van der Waals surface area contributed by atoms with Gasteiger partial charge >= 0.3 is 0 Å². The molecule has 0 saturated heterocycles. The summed E-state index contributed by atoms with van der Waals surface area (Å²) in [6.45, 7) is 0. The van der Waals surface area contributed by atoms with Crippen LogP contribution in [0.15, 0.2) is 206 Å². The number of hydrogen-bond donors (Lipinski definition) is 0. The molecule has 0 saturated carbocycles. The Morgan fingerprint density at radius 1 is 0.196 bits per heavy atom. The molecule has 0 atom stereocenters. The molecule has 0 heteroatoms. The summed E-state index contributed by atoms with van der Waals surface area (Å²) in [5.74, 6) is 0. The Labute approximate surface area is 325 Å². The first-order valence-corrected chi connectivity index (χ1v) is 19.5. The molecule has 0 amide bonds. The first-order valence-electron chi connectivity index (χ1n) is 19.5. The molecule has 56 heavy (non-hydrogen) atoms. The summed E-state index contributed by atoms with van der Waals surface area (Å²) in [6, 6.07) is 76.5. The Morgan fingerprint density at radius 2 is 0.625 bits per heavy atom. The van der Waals surface area contributed by atoms with E-state index in [4.69, 9.17) is 0 Å². The van der Waals surface area contributed by atoms with Gasteiger partial charge in [-0.15, -0.1) is 0 Å². The average molecular weight is 707 g/mol.